The summed E-state index contributed by atoms with van der Waals surface area (Å²) in [4.78, 5) is 10.8. The molecule has 2 aliphatic rings. The number of benzene rings is 1. The topological polar surface area (TPSA) is 45.5 Å². The second-order valence-corrected chi connectivity index (χ2v) is 6.12. The van der Waals surface area contributed by atoms with Crippen LogP contribution in [0.1, 0.15) is 25.7 Å². The molecule has 2 aromatic rings. The van der Waals surface area contributed by atoms with Crippen molar-refractivity contribution in [3.8, 4) is 11.4 Å². The van der Waals surface area contributed by atoms with Gasteiger partial charge in [-0.05, 0) is 25.7 Å². The van der Waals surface area contributed by atoms with Crippen LogP contribution in [0.3, 0.4) is 0 Å². The van der Waals surface area contributed by atoms with Gasteiger partial charge in [-0.2, -0.15) is 4.73 Å². The van der Waals surface area contributed by atoms with Crippen LogP contribution >= 0.6 is 0 Å². The summed E-state index contributed by atoms with van der Waals surface area (Å²) in [6.07, 6.45) is 7.98. The molecule has 0 N–H and O–H groups in total. The third-order valence-corrected chi connectivity index (χ3v) is 4.54. The first-order valence-electron chi connectivity index (χ1n) is 8.41. The molecule has 23 heavy (non-hydrogen) atoms. The molecule has 0 amide bonds. The molecule has 0 saturated carbocycles. The zero-order chi connectivity index (χ0) is 15.5. The lowest BCUT2D eigenvalue weighted by Crippen LogP contribution is -2.45. The summed E-state index contributed by atoms with van der Waals surface area (Å²) in [6, 6.07) is 10.1. The van der Waals surface area contributed by atoms with E-state index in [9.17, 15) is 0 Å². The van der Waals surface area contributed by atoms with Crippen LogP contribution in [0.15, 0.2) is 42.7 Å². The molecule has 2 saturated heterocycles. The smallest absolute Gasteiger partial charge is 0.177 e. The Labute approximate surface area is 136 Å². The maximum absolute atomic E-state index is 6.31. The Hall–Kier alpha value is -1.85. The summed E-state index contributed by atoms with van der Waals surface area (Å²) in [5.74, 6) is 0.812. The number of ether oxygens (including phenoxy) is 2. The summed E-state index contributed by atoms with van der Waals surface area (Å²) in [7, 11) is 0. The average Bonchev–Trinajstić information content (AvgIpc) is 3.34. The van der Waals surface area contributed by atoms with E-state index in [0.717, 1.165) is 50.3 Å². The molecule has 0 spiro atoms. The molecular formula is C18H22N2O3. The van der Waals surface area contributed by atoms with Gasteiger partial charge in [0.15, 0.2) is 11.9 Å². The van der Waals surface area contributed by atoms with Crippen molar-refractivity contribution in [3.63, 3.8) is 0 Å². The second-order valence-electron chi connectivity index (χ2n) is 6.12. The van der Waals surface area contributed by atoms with Crippen molar-refractivity contribution in [2.45, 2.75) is 44.0 Å². The molecular weight excluding hydrogens is 292 g/mol. The van der Waals surface area contributed by atoms with Crippen molar-refractivity contribution in [2.75, 3.05) is 13.2 Å². The Morgan fingerprint density at radius 3 is 2.35 bits per heavy atom. The van der Waals surface area contributed by atoms with Crippen molar-refractivity contribution < 1.29 is 14.3 Å². The van der Waals surface area contributed by atoms with Crippen LogP contribution in [0.5, 0.6) is 0 Å². The molecule has 2 unspecified atom stereocenters. The molecule has 5 heteroatoms. The van der Waals surface area contributed by atoms with E-state index in [-0.39, 0.29) is 18.3 Å². The molecule has 2 atom stereocenters. The van der Waals surface area contributed by atoms with Gasteiger partial charge in [-0.1, -0.05) is 30.3 Å². The summed E-state index contributed by atoms with van der Waals surface area (Å²) < 4.78 is 13.5. The number of hydrogen-bond acceptors (Lipinski definition) is 4. The third-order valence-electron chi connectivity index (χ3n) is 4.54. The Bertz CT molecular complexity index is 600. The largest absolute Gasteiger partial charge is 0.403 e. The first-order valence-corrected chi connectivity index (χ1v) is 8.41. The van der Waals surface area contributed by atoms with Crippen LogP contribution < -0.4 is 4.84 Å². The first-order chi connectivity index (χ1) is 11.4. The van der Waals surface area contributed by atoms with Crippen LogP contribution in [-0.2, 0) is 9.47 Å². The number of hydrogen-bond donors (Lipinski definition) is 0. The maximum atomic E-state index is 6.31. The van der Waals surface area contributed by atoms with Crippen molar-refractivity contribution in [1.82, 2.24) is 9.71 Å². The molecule has 1 aromatic carbocycles. The van der Waals surface area contributed by atoms with Crippen LogP contribution in [0.2, 0.25) is 0 Å². The minimum Gasteiger partial charge on any atom is -0.403 e. The highest BCUT2D eigenvalue weighted by molar-refractivity contribution is 5.54. The van der Waals surface area contributed by atoms with Crippen LogP contribution in [-0.4, -0.2) is 41.2 Å². The van der Waals surface area contributed by atoms with Crippen molar-refractivity contribution in [2.24, 2.45) is 0 Å². The molecule has 2 fully saturated rings. The summed E-state index contributed by atoms with van der Waals surface area (Å²) in [5, 5.41) is 0. The normalized spacial score (nSPS) is 25.6. The predicted molar refractivity (Wildman–Crippen MR) is 86.0 cm³/mol. The molecule has 0 aliphatic carbocycles. The molecule has 0 bridgehead atoms. The standard InChI is InChI=1S/C18H22N2O3/c1-2-6-14(7-3-1)18-19-10-11-20(18)23-17(15-8-4-12-21-15)16-9-5-13-22-16/h1-3,6-7,10-11,15-17H,4-5,8-9,12-13H2. The fourth-order valence-corrected chi connectivity index (χ4v) is 3.40. The van der Waals surface area contributed by atoms with Crippen molar-refractivity contribution in [1.29, 1.82) is 0 Å². The molecule has 3 heterocycles. The van der Waals surface area contributed by atoms with Gasteiger partial charge in [-0.25, -0.2) is 4.98 Å². The quantitative estimate of drug-likeness (QED) is 0.851. The Balaban J connectivity index is 1.58. The van der Waals surface area contributed by atoms with Gasteiger partial charge in [0.2, 0.25) is 0 Å². The summed E-state index contributed by atoms with van der Waals surface area (Å²) in [5.41, 5.74) is 1.04. The zero-order valence-corrected chi connectivity index (χ0v) is 13.1. The van der Waals surface area contributed by atoms with E-state index in [1.54, 1.807) is 10.9 Å². The van der Waals surface area contributed by atoms with Gasteiger partial charge in [0.1, 0.15) is 0 Å². The van der Waals surface area contributed by atoms with Gasteiger partial charge in [0.25, 0.3) is 0 Å². The number of nitrogens with zero attached hydrogens (tertiary/aromatic N) is 2. The van der Waals surface area contributed by atoms with E-state index in [2.05, 4.69) is 4.98 Å². The molecule has 1 aromatic heterocycles. The van der Waals surface area contributed by atoms with Crippen LogP contribution in [0, 0.1) is 0 Å². The van der Waals surface area contributed by atoms with Crippen molar-refractivity contribution in [3.05, 3.63) is 42.7 Å². The number of imidazole rings is 1. The monoisotopic (exact) mass is 314 g/mol. The zero-order valence-electron chi connectivity index (χ0n) is 13.1. The van der Waals surface area contributed by atoms with E-state index >= 15 is 0 Å². The van der Waals surface area contributed by atoms with E-state index in [0.29, 0.717) is 0 Å². The van der Waals surface area contributed by atoms with E-state index in [4.69, 9.17) is 14.3 Å². The van der Waals surface area contributed by atoms with Crippen LogP contribution in [0.4, 0.5) is 0 Å². The van der Waals surface area contributed by atoms with Gasteiger partial charge in [0, 0.05) is 25.0 Å². The molecule has 0 radical (unpaired) electrons. The Kier molecular flexibility index (Phi) is 4.30. The fraction of sp³-hybridized carbons (Fsp3) is 0.500. The minimum atomic E-state index is -0.0864. The van der Waals surface area contributed by atoms with Gasteiger partial charge < -0.3 is 14.3 Å². The molecule has 5 nitrogen and oxygen atoms in total. The summed E-state index contributed by atoms with van der Waals surface area (Å²) in [6.45, 7) is 1.62. The lowest BCUT2D eigenvalue weighted by Gasteiger charge is -2.28. The first kappa shape index (κ1) is 14.7. The minimum absolute atomic E-state index is 0.0864. The highest BCUT2D eigenvalue weighted by Gasteiger charge is 2.37. The lowest BCUT2D eigenvalue weighted by atomic mass is 10.0. The van der Waals surface area contributed by atoms with Crippen molar-refractivity contribution >= 4 is 0 Å². The van der Waals surface area contributed by atoms with Gasteiger partial charge in [0.05, 0.1) is 18.4 Å². The number of rotatable bonds is 5. The van der Waals surface area contributed by atoms with Gasteiger partial charge in [-0.3, -0.25) is 0 Å². The summed E-state index contributed by atoms with van der Waals surface area (Å²) >= 11 is 0. The van der Waals surface area contributed by atoms with Crippen LogP contribution in [0.25, 0.3) is 11.4 Å². The third kappa shape index (κ3) is 3.12. The number of aromatic nitrogens is 2. The van der Waals surface area contributed by atoms with E-state index in [1.165, 1.54) is 0 Å². The Morgan fingerprint density at radius 2 is 1.74 bits per heavy atom. The van der Waals surface area contributed by atoms with Gasteiger partial charge in [-0.15, -0.1) is 0 Å². The molecule has 2 aliphatic heterocycles. The maximum Gasteiger partial charge on any atom is 0.177 e. The molecule has 122 valence electrons. The van der Waals surface area contributed by atoms with E-state index in [1.807, 2.05) is 36.5 Å². The fourth-order valence-electron chi connectivity index (χ4n) is 3.40. The van der Waals surface area contributed by atoms with E-state index < -0.39 is 0 Å². The van der Waals surface area contributed by atoms with Gasteiger partial charge >= 0.3 is 0 Å². The highest BCUT2D eigenvalue weighted by Crippen LogP contribution is 2.26. The lowest BCUT2D eigenvalue weighted by molar-refractivity contribution is -0.113. The molecule has 4 rings (SSSR count). The Morgan fingerprint density at radius 1 is 1.04 bits per heavy atom. The average molecular weight is 314 g/mol. The predicted octanol–water partition coefficient (Wildman–Crippen LogP) is 2.71. The second kappa shape index (κ2) is 6.72. The highest BCUT2D eigenvalue weighted by atomic mass is 16.7. The SMILES string of the molecule is c1ccc(-c2nccn2OC(C2CCCO2)C2CCCO2)cc1.